The van der Waals surface area contributed by atoms with Gasteiger partial charge in [0.25, 0.3) is 0 Å². The first-order chi connectivity index (χ1) is 10.1. The van der Waals surface area contributed by atoms with Gasteiger partial charge in [-0.3, -0.25) is 4.68 Å². The van der Waals surface area contributed by atoms with Gasteiger partial charge in [-0.15, -0.1) is 0 Å². The lowest BCUT2D eigenvalue weighted by atomic mass is 9.75. The number of fused-ring (bicyclic) bond motifs is 1. The predicted molar refractivity (Wildman–Crippen MR) is 86.3 cm³/mol. The van der Waals surface area contributed by atoms with Gasteiger partial charge in [-0.05, 0) is 31.7 Å². The zero-order valence-corrected chi connectivity index (χ0v) is 13.2. The zero-order valence-electron chi connectivity index (χ0n) is 13.2. The summed E-state index contributed by atoms with van der Waals surface area (Å²) in [4.78, 5) is 0. The van der Waals surface area contributed by atoms with E-state index in [1.165, 1.54) is 23.7 Å². The molecule has 1 heterocycles. The van der Waals surface area contributed by atoms with Crippen LogP contribution in [0.3, 0.4) is 0 Å². The molecule has 1 N–H and O–H groups in total. The Labute approximate surface area is 127 Å². The molecule has 0 spiro atoms. The van der Waals surface area contributed by atoms with Gasteiger partial charge in [0.15, 0.2) is 0 Å². The molecule has 21 heavy (non-hydrogen) atoms. The predicted octanol–water partition coefficient (Wildman–Crippen LogP) is 3.93. The molecule has 1 aromatic heterocycles. The first-order valence-electron chi connectivity index (χ1n) is 8.32. The van der Waals surface area contributed by atoms with E-state index >= 15 is 0 Å². The zero-order chi connectivity index (χ0) is 14.9. The number of aromatic nitrogens is 2. The molecular weight excluding hydrogens is 260 g/mol. The molecule has 1 saturated carbocycles. The molecule has 3 nitrogen and oxygen atoms in total. The van der Waals surface area contributed by atoms with Crippen LogP contribution in [0.2, 0.25) is 0 Å². The van der Waals surface area contributed by atoms with E-state index in [1.54, 1.807) is 0 Å². The lowest BCUT2D eigenvalue weighted by Crippen LogP contribution is -2.37. The van der Waals surface area contributed by atoms with Crippen LogP contribution < -0.4 is 0 Å². The van der Waals surface area contributed by atoms with Crippen LogP contribution in [0.25, 0.3) is 10.9 Å². The first-order valence-corrected chi connectivity index (χ1v) is 8.32. The molecule has 3 rings (SSSR count). The van der Waals surface area contributed by atoms with E-state index in [0.717, 1.165) is 31.5 Å². The molecule has 2 unspecified atom stereocenters. The molecular formula is C18H26N2O. The van der Waals surface area contributed by atoms with Gasteiger partial charge in [0.2, 0.25) is 0 Å². The fraction of sp³-hybridized carbons (Fsp3) is 0.611. The third-order valence-electron chi connectivity index (χ3n) is 5.03. The molecule has 3 heteroatoms. The monoisotopic (exact) mass is 286 g/mol. The maximum atomic E-state index is 11.0. The largest absolute Gasteiger partial charge is 0.389 e. The van der Waals surface area contributed by atoms with Gasteiger partial charge >= 0.3 is 0 Å². The number of aryl methyl sites for hydroxylation is 1. The summed E-state index contributed by atoms with van der Waals surface area (Å²) >= 11 is 0. The van der Waals surface area contributed by atoms with Crippen LogP contribution in [0, 0.1) is 5.92 Å². The number of benzene rings is 1. The summed E-state index contributed by atoms with van der Waals surface area (Å²) in [6.07, 6.45) is 6.11. The molecule has 1 aliphatic carbocycles. The van der Waals surface area contributed by atoms with E-state index in [0.29, 0.717) is 12.3 Å². The van der Waals surface area contributed by atoms with Crippen LogP contribution in [-0.4, -0.2) is 20.5 Å². The van der Waals surface area contributed by atoms with E-state index in [2.05, 4.69) is 38.1 Å². The Balaban J connectivity index is 1.90. The van der Waals surface area contributed by atoms with Gasteiger partial charge < -0.3 is 5.11 Å². The topological polar surface area (TPSA) is 38.1 Å². The van der Waals surface area contributed by atoms with Crippen LogP contribution in [0.15, 0.2) is 24.3 Å². The minimum atomic E-state index is -0.561. The van der Waals surface area contributed by atoms with Crippen molar-refractivity contribution < 1.29 is 5.11 Å². The summed E-state index contributed by atoms with van der Waals surface area (Å²) < 4.78 is 2.05. The molecule has 2 aromatic rings. The van der Waals surface area contributed by atoms with Crippen molar-refractivity contribution in [3.63, 3.8) is 0 Å². The van der Waals surface area contributed by atoms with Crippen LogP contribution in [0.4, 0.5) is 0 Å². The van der Waals surface area contributed by atoms with Gasteiger partial charge in [-0.25, -0.2) is 0 Å². The van der Waals surface area contributed by atoms with E-state index in [9.17, 15) is 5.11 Å². The summed E-state index contributed by atoms with van der Waals surface area (Å²) in [6.45, 7) is 5.22. The van der Waals surface area contributed by atoms with Crippen molar-refractivity contribution in [3.05, 3.63) is 30.0 Å². The molecule has 2 atom stereocenters. The number of hydrogen-bond donors (Lipinski definition) is 1. The van der Waals surface area contributed by atoms with E-state index in [4.69, 9.17) is 5.10 Å². The summed E-state index contributed by atoms with van der Waals surface area (Å²) in [5.74, 6) is 0.670. The van der Waals surface area contributed by atoms with Crippen molar-refractivity contribution in [2.75, 3.05) is 0 Å². The highest BCUT2D eigenvalue weighted by Crippen LogP contribution is 2.37. The molecule has 1 fully saturated rings. The van der Waals surface area contributed by atoms with Gasteiger partial charge in [-0.2, -0.15) is 5.10 Å². The Hall–Kier alpha value is -1.35. The molecule has 1 aromatic carbocycles. The second-order valence-corrected chi connectivity index (χ2v) is 6.55. The highest BCUT2D eigenvalue weighted by Gasteiger charge is 2.35. The fourth-order valence-corrected chi connectivity index (χ4v) is 3.85. The number of hydrogen-bond acceptors (Lipinski definition) is 2. The Kier molecular flexibility index (Phi) is 4.03. The normalized spacial score (nSPS) is 26.3. The molecule has 0 saturated heterocycles. The quantitative estimate of drug-likeness (QED) is 0.924. The summed E-state index contributed by atoms with van der Waals surface area (Å²) in [6, 6.07) is 8.37. The third kappa shape index (κ3) is 2.84. The molecule has 0 bridgehead atoms. The summed E-state index contributed by atoms with van der Waals surface area (Å²) in [5.41, 5.74) is 1.68. The highest BCUT2D eigenvalue weighted by atomic mass is 16.3. The van der Waals surface area contributed by atoms with Crippen molar-refractivity contribution in [1.82, 2.24) is 9.78 Å². The number of para-hydroxylation sites is 1. The van der Waals surface area contributed by atoms with Gasteiger partial charge in [0.05, 0.1) is 16.8 Å². The Morgan fingerprint density at radius 1 is 1.33 bits per heavy atom. The van der Waals surface area contributed by atoms with Crippen LogP contribution in [-0.2, 0) is 13.0 Å². The van der Waals surface area contributed by atoms with Crippen molar-refractivity contribution in [2.24, 2.45) is 5.92 Å². The summed E-state index contributed by atoms with van der Waals surface area (Å²) in [7, 11) is 0. The molecule has 0 aliphatic heterocycles. The summed E-state index contributed by atoms with van der Waals surface area (Å²) in [5, 5.41) is 17.0. The Morgan fingerprint density at radius 3 is 2.90 bits per heavy atom. The second-order valence-electron chi connectivity index (χ2n) is 6.55. The van der Waals surface area contributed by atoms with E-state index < -0.39 is 5.60 Å². The molecule has 0 amide bonds. The van der Waals surface area contributed by atoms with Gasteiger partial charge in [0, 0.05) is 18.4 Å². The van der Waals surface area contributed by atoms with Gasteiger partial charge in [0.1, 0.15) is 0 Å². The maximum absolute atomic E-state index is 11.0. The molecule has 1 aliphatic rings. The van der Waals surface area contributed by atoms with Crippen molar-refractivity contribution in [1.29, 1.82) is 0 Å². The van der Waals surface area contributed by atoms with Crippen LogP contribution in [0.5, 0.6) is 0 Å². The maximum Gasteiger partial charge on any atom is 0.0731 e. The molecule has 114 valence electrons. The first kappa shape index (κ1) is 14.6. The van der Waals surface area contributed by atoms with Crippen LogP contribution in [0.1, 0.15) is 51.6 Å². The van der Waals surface area contributed by atoms with Crippen molar-refractivity contribution in [2.45, 2.75) is 64.5 Å². The highest BCUT2D eigenvalue weighted by molar-refractivity contribution is 5.82. The number of rotatable bonds is 4. The van der Waals surface area contributed by atoms with Crippen molar-refractivity contribution in [3.8, 4) is 0 Å². The minimum Gasteiger partial charge on any atom is -0.389 e. The van der Waals surface area contributed by atoms with Crippen LogP contribution >= 0.6 is 0 Å². The Bertz CT molecular complexity index is 619. The molecule has 0 radical (unpaired) electrons. The third-order valence-corrected chi connectivity index (χ3v) is 5.03. The average Bonchev–Trinajstić information content (AvgIpc) is 2.85. The second kappa shape index (κ2) is 5.80. The standard InChI is InChI=1S/C18H26N2O/c1-3-14-8-7-11-18(21,12-14)13-16-15-9-5-6-10-17(15)20(4-2)19-16/h5-6,9-10,14,21H,3-4,7-8,11-13H2,1-2H3. The minimum absolute atomic E-state index is 0.561. The lowest BCUT2D eigenvalue weighted by molar-refractivity contribution is -0.0167. The number of nitrogens with zero attached hydrogens (tertiary/aromatic N) is 2. The average molecular weight is 286 g/mol. The fourth-order valence-electron chi connectivity index (χ4n) is 3.85. The smallest absolute Gasteiger partial charge is 0.0731 e. The van der Waals surface area contributed by atoms with Gasteiger partial charge in [-0.1, -0.05) is 44.4 Å². The Morgan fingerprint density at radius 2 is 2.14 bits per heavy atom. The lowest BCUT2D eigenvalue weighted by Gasteiger charge is -2.36. The SMILES string of the molecule is CCC1CCCC(O)(Cc2nn(CC)c3ccccc23)C1. The van der Waals surface area contributed by atoms with Crippen molar-refractivity contribution >= 4 is 10.9 Å². The number of aliphatic hydroxyl groups is 1. The van der Waals surface area contributed by atoms with E-state index in [-0.39, 0.29) is 0 Å². The van der Waals surface area contributed by atoms with E-state index in [1.807, 2.05) is 4.68 Å².